The molecule has 1 amide bonds. The predicted molar refractivity (Wildman–Crippen MR) is 156 cm³/mol. The van der Waals surface area contributed by atoms with Crippen molar-refractivity contribution in [1.82, 2.24) is 14.9 Å². The van der Waals surface area contributed by atoms with E-state index in [9.17, 15) is 4.79 Å². The molecule has 0 aliphatic carbocycles. The number of hydrogen-bond donors (Lipinski definition) is 1. The fourth-order valence-corrected chi connectivity index (χ4v) is 4.52. The van der Waals surface area contributed by atoms with Gasteiger partial charge in [-0.15, -0.1) is 0 Å². The lowest BCUT2D eigenvalue weighted by Crippen LogP contribution is -2.22. The van der Waals surface area contributed by atoms with Gasteiger partial charge in [-0.2, -0.15) is 0 Å². The minimum atomic E-state index is -0.0443. The summed E-state index contributed by atoms with van der Waals surface area (Å²) in [6.45, 7) is 6.59. The van der Waals surface area contributed by atoms with Crippen molar-refractivity contribution in [3.05, 3.63) is 101 Å². The normalized spacial score (nSPS) is 11.3. The van der Waals surface area contributed by atoms with Gasteiger partial charge in [0, 0.05) is 25.6 Å². The number of amides is 1. The van der Waals surface area contributed by atoms with E-state index in [1.54, 1.807) is 6.08 Å². The Morgan fingerprint density at radius 1 is 0.895 bits per heavy atom. The van der Waals surface area contributed by atoms with Crippen LogP contribution in [-0.2, 0) is 17.8 Å². The minimum Gasteiger partial charge on any atom is -0.494 e. The third-order valence-corrected chi connectivity index (χ3v) is 6.86. The van der Waals surface area contributed by atoms with Crippen LogP contribution in [0.1, 0.15) is 54.6 Å². The van der Waals surface area contributed by atoms with Crippen LogP contribution in [0.5, 0.6) is 5.75 Å². The van der Waals surface area contributed by atoms with E-state index in [2.05, 4.69) is 66.2 Å². The van der Waals surface area contributed by atoms with Gasteiger partial charge in [0.15, 0.2) is 0 Å². The molecule has 38 heavy (non-hydrogen) atoms. The van der Waals surface area contributed by atoms with E-state index in [0.29, 0.717) is 6.54 Å². The lowest BCUT2D eigenvalue weighted by atomic mass is 10.1. The molecule has 0 spiro atoms. The Hall–Kier alpha value is -3.86. The SMILES string of the molecule is Cc1ccc(OCCCCn2c(CCCCCNC(=O)/C=C/c3ccccc3)nc3ccccc32)cc1C. The van der Waals surface area contributed by atoms with Crippen molar-refractivity contribution >= 4 is 23.0 Å². The Labute approximate surface area is 226 Å². The van der Waals surface area contributed by atoms with Gasteiger partial charge in [0.25, 0.3) is 0 Å². The molecule has 5 heteroatoms. The number of aromatic nitrogens is 2. The van der Waals surface area contributed by atoms with Gasteiger partial charge >= 0.3 is 0 Å². The highest BCUT2D eigenvalue weighted by atomic mass is 16.5. The van der Waals surface area contributed by atoms with E-state index < -0.39 is 0 Å². The molecule has 0 aliphatic rings. The number of unbranched alkanes of at least 4 members (excludes halogenated alkanes) is 3. The molecule has 0 atom stereocenters. The molecule has 0 aliphatic heterocycles. The van der Waals surface area contributed by atoms with Crippen molar-refractivity contribution in [3.8, 4) is 5.75 Å². The van der Waals surface area contributed by atoms with E-state index in [4.69, 9.17) is 9.72 Å². The summed E-state index contributed by atoms with van der Waals surface area (Å²) < 4.78 is 8.35. The van der Waals surface area contributed by atoms with Crippen LogP contribution < -0.4 is 10.1 Å². The maximum absolute atomic E-state index is 12.1. The molecule has 4 rings (SSSR count). The van der Waals surface area contributed by atoms with Gasteiger partial charge in [-0.3, -0.25) is 4.79 Å². The lowest BCUT2D eigenvalue weighted by molar-refractivity contribution is -0.116. The second kappa shape index (κ2) is 14.2. The van der Waals surface area contributed by atoms with Gasteiger partial charge in [-0.1, -0.05) is 55.0 Å². The van der Waals surface area contributed by atoms with Crippen molar-refractivity contribution in [2.75, 3.05) is 13.2 Å². The number of nitrogens with zero attached hydrogens (tertiary/aromatic N) is 2. The summed E-state index contributed by atoms with van der Waals surface area (Å²) in [6, 6.07) is 24.5. The quantitative estimate of drug-likeness (QED) is 0.146. The van der Waals surface area contributed by atoms with E-state index in [0.717, 1.165) is 74.3 Å². The lowest BCUT2D eigenvalue weighted by Gasteiger charge is -2.11. The largest absolute Gasteiger partial charge is 0.494 e. The molecular formula is C33H39N3O2. The molecule has 3 aromatic carbocycles. The van der Waals surface area contributed by atoms with E-state index in [-0.39, 0.29) is 5.91 Å². The fourth-order valence-electron chi connectivity index (χ4n) is 4.52. The third-order valence-electron chi connectivity index (χ3n) is 6.86. The molecule has 0 unspecified atom stereocenters. The highest BCUT2D eigenvalue weighted by Gasteiger charge is 2.10. The monoisotopic (exact) mass is 509 g/mol. The first-order valence-corrected chi connectivity index (χ1v) is 13.8. The Morgan fingerprint density at radius 3 is 2.55 bits per heavy atom. The summed E-state index contributed by atoms with van der Waals surface area (Å²) in [5, 5.41) is 2.98. The number of carbonyl (C=O) groups excluding carboxylic acids is 1. The molecule has 4 aromatic rings. The zero-order valence-electron chi connectivity index (χ0n) is 22.7. The molecule has 0 bridgehead atoms. The van der Waals surface area contributed by atoms with Crippen LogP contribution in [-0.4, -0.2) is 28.6 Å². The minimum absolute atomic E-state index is 0.0443. The van der Waals surface area contributed by atoms with E-state index in [1.165, 1.54) is 16.6 Å². The molecule has 0 fully saturated rings. The number of fused-ring (bicyclic) bond motifs is 1. The van der Waals surface area contributed by atoms with Gasteiger partial charge in [-0.05, 0) is 86.6 Å². The first-order chi connectivity index (χ1) is 18.6. The number of hydrogen-bond acceptors (Lipinski definition) is 3. The number of aryl methyl sites for hydroxylation is 4. The Bertz CT molecular complexity index is 1340. The van der Waals surface area contributed by atoms with Crippen molar-refractivity contribution in [3.63, 3.8) is 0 Å². The maximum Gasteiger partial charge on any atom is 0.243 e. The van der Waals surface area contributed by atoms with Gasteiger partial charge in [0.05, 0.1) is 17.6 Å². The molecule has 5 nitrogen and oxygen atoms in total. The number of para-hydroxylation sites is 2. The molecular weight excluding hydrogens is 470 g/mol. The highest BCUT2D eigenvalue weighted by molar-refractivity contribution is 5.91. The van der Waals surface area contributed by atoms with E-state index in [1.807, 2.05) is 36.4 Å². The number of nitrogens with one attached hydrogen (secondary N) is 1. The summed E-state index contributed by atoms with van der Waals surface area (Å²) in [4.78, 5) is 17.0. The summed E-state index contributed by atoms with van der Waals surface area (Å²) in [7, 11) is 0. The Balaban J connectivity index is 1.19. The fraction of sp³-hybridized carbons (Fsp3) is 0.333. The molecule has 1 heterocycles. The van der Waals surface area contributed by atoms with Crippen molar-refractivity contribution in [2.24, 2.45) is 0 Å². The van der Waals surface area contributed by atoms with Gasteiger partial charge in [-0.25, -0.2) is 4.98 Å². The van der Waals surface area contributed by atoms with Crippen LogP contribution in [0.3, 0.4) is 0 Å². The first kappa shape index (κ1) is 27.2. The second-order valence-corrected chi connectivity index (χ2v) is 9.82. The molecule has 0 saturated carbocycles. The van der Waals surface area contributed by atoms with Crippen LogP contribution in [0.4, 0.5) is 0 Å². The molecule has 0 saturated heterocycles. The van der Waals surface area contributed by atoms with Crippen LogP contribution in [0, 0.1) is 13.8 Å². The standard InChI is InChI=1S/C33H39N3O2/c1-26-18-20-29(25-27(26)2)38-24-12-11-23-36-31-16-9-8-15-30(31)35-32(36)17-7-4-10-22-34-33(37)21-19-28-13-5-3-6-14-28/h3,5-6,8-9,13-16,18-21,25H,4,7,10-12,17,22-24H2,1-2H3,(H,34,37)/b21-19+. The summed E-state index contributed by atoms with van der Waals surface area (Å²) >= 11 is 0. The number of benzene rings is 3. The van der Waals surface area contributed by atoms with Gasteiger partial charge in [0.1, 0.15) is 11.6 Å². The second-order valence-electron chi connectivity index (χ2n) is 9.82. The molecule has 1 aromatic heterocycles. The van der Waals surface area contributed by atoms with Gasteiger partial charge in [0.2, 0.25) is 5.91 Å². The number of carbonyl (C=O) groups is 1. The molecule has 1 N–H and O–H groups in total. The Morgan fingerprint density at radius 2 is 1.71 bits per heavy atom. The third kappa shape index (κ3) is 8.07. The number of rotatable bonds is 14. The van der Waals surface area contributed by atoms with Crippen LogP contribution in [0.15, 0.2) is 78.9 Å². The van der Waals surface area contributed by atoms with Crippen LogP contribution in [0.2, 0.25) is 0 Å². The van der Waals surface area contributed by atoms with Crippen molar-refractivity contribution in [1.29, 1.82) is 0 Å². The van der Waals surface area contributed by atoms with Crippen LogP contribution >= 0.6 is 0 Å². The maximum atomic E-state index is 12.1. The molecule has 198 valence electrons. The number of ether oxygens (including phenoxy) is 1. The smallest absolute Gasteiger partial charge is 0.243 e. The average Bonchev–Trinajstić information content (AvgIpc) is 3.29. The first-order valence-electron chi connectivity index (χ1n) is 13.8. The Kier molecular flexibility index (Phi) is 10.1. The van der Waals surface area contributed by atoms with Crippen molar-refractivity contribution in [2.45, 2.75) is 58.9 Å². The van der Waals surface area contributed by atoms with Crippen molar-refractivity contribution < 1.29 is 9.53 Å². The topological polar surface area (TPSA) is 56.1 Å². The summed E-state index contributed by atoms with van der Waals surface area (Å²) in [5.74, 6) is 2.05. The highest BCUT2D eigenvalue weighted by Crippen LogP contribution is 2.20. The average molecular weight is 510 g/mol. The number of imidazole rings is 1. The zero-order valence-corrected chi connectivity index (χ0v) is 22.7. The zero-order chi connectivity index (χ0) is 26.6. The van der Waals surface area contributed by atoms with Gasteiger partial charge < -0.3 is 14.6 Å². The summed E-state index contributed by atoms with van der Waals surface area (Å²) in [6.07, 6.45) is 9.49. The van der Waals surface area contributed by atoms with Crippen LogP contribution in [0.25, 0.3) is 17.1 Å². The predicted octanol–water partition coefficient (Wildman–Crippen LogP) is 7.05. The molecule has 0 radical (unpaired) electrons. The summed E-state index contributed by atoms with van der Waals surface area (Å²) in [5.41, 5.74) is 5.85. The van der Waals surface area contributed by atoms with E-state index >= 15 is 0 Å².